The Labute approximate surface area is 170 Å². The molecule has 0 aromatic carbocycles. The molecule has 0 saturated heterocycles. The highest BCUT2D eigenvalue weighted by Gasteiger charge is 2.29. The van der Waals surface area contributed by atoms with Crippen LogP contribution >= 0.6 is 0 Å². The van der Waals surface area contributed by atoms with Crippen molar-refractivity contribution in [3.8, 4) is 11.3 Å². The summed E-state index contributed by atoms with van der Waals surface area (Å²) in [4.78, 5) is 21.1. The summed E-state index contributed by atoms with van der Waals surface area (Å²) in [5, 5.41) is 4.13. The third kappa shape index (κ3) is 3.26. The number of imidazole rings is 1. The van der Waals surface area contributed by atoms with Crippen LogP contribution in [-0.4, -0.2) is 55.2 Å². The standard InChI is InChI=1S/C20H21F2N7O/c1-10-25-16-4-3-15(27-19(16)29(10)9-17(21)22)13-7-23-18-14(13)8-24-20(28-18)26-11-5-12(6-11)30-2/h3-4,7-8,11-12,17H,5-6,9H2,1-2H3,(H2,23,24,26,28). The van der Waals surface area contributed by atoms with E-state index < -0.39 is 13.0 Å². The van der Waals surface area contributed by atoms with E-state index in [1.54, 1.807) is 26.3 Å². The van der Waals surface area contributed by atoms with Crippen LogP contribution in [0.5, 0.6) is 0 Å². The molecule has 2 N–H and O–H groups in total. The summed E-state index contributed by atoms with van der Waals surface area (Å²) >= 11 is 0. The highest BCUT2D eigenvalue weighted by Crippen LogP contribution is 2.30. The maximum Gasteiger partial charge on any atom is 0.256 e. The topological polar surface area (TPSA) is 93.5 Å². The minimum absolute atomic E-state index is 0.298. The summed E-state index contributed by atoms with van der Waals surface area (Å²) < 4.78 is 32.7. The number of alkyl halides is 2. The van der Waals surface area contributed by atoms with E-state index in [4.69, 9.17) is 4.74 Å². The van der Waals surface area contributed by atoms with Crippen LogP contribution in [0.2, 0.25) is 0 Å². The van der Waals surface area contributed by atoms with Crippen molar-refractivity contribution in [1.82, 2.24) is 29.5 Å². The second-order valence-corrected chi connectivity index (χ2v) is 7.53. The number of nitrogens with zero attached hydrogens (tertiary/aromatic N) is 5. The fraction of sp³-hybridized carbons (Fsp3) is 0.400. The number of aryl methyl sites for hydroxylation is 1. The first-order chi connectivity index (χ1) is 14.5. The number of aromatic amines is 1. The van der Waals surface area contributed by atoms with Crippen LogP contribution in [0.25, 0.3) is 33.5 Å². The quantitative estimate of drug-likeness (QED) is 0.502. The van der Waals surface area contributed by atoms with Crippen LogP contribution in [-0.2, 0) is 11.3 Å². The lowest BCUT2D eigenvalue weighted by molar-refractivity contribution is 0.0327. The van der Waals surface area contributed by atoms with Crippen molar-refractivity contribution in [2.45, 2.75) is 44.9 Å². The number of aromatic nitrogens is 6. The Bertz CT molecular complexity index is 1210. The zero-order valence-corrected chi connectivity index (χ0v) is 16.6. The van der Waals surface area contributed by atoms with Crippen molar-refractivity contribution in [3.63, 3.8) is 0 Å². The number of nitrogens with one attached hydrogen (secondary N) is 2. The van der Waals surface area contributed by atoms with Gasteiger partial charge in [-0.2, -0.15) is 4.98 Å². The Balaban J connectivity index is 1.46. The summed E-state index contributed by atoms with van der Waals surface area (Å²) in [6.45, 7) is 1.27. The number of H-pyrrole nitrogens is 1. The summed E-state index contributed by atoms with van der Waals surface area (Å²) in [6, 6.07) is 3.94. The molecule has 0 amide bonds. The van der Waals surface area contributed by atoms with E-state index in [1.165, 1.54) is 4.57 Å². The SMILES string of the molecule is COC1CC(Nc2ncc3c(-c4ccc5nc(C)n(CC(F)F)c5n4)c[nH]c3n2)C1. The number of pyridine rings is 1. The maximum atomic E-state index is 13.0. The third-order valence-electron chi connectivity index (χ3n) is 5.57. The smallest absolute Gasteiger partial charge is 0.256 e. The molecular formula is C20H21F2N7O. The molecule has 1 aliphatic carbocycles. The number of halogens is 2. The molecule has 4 aromatic heterocycles. The van der Waals surface area contributed by atoms with Gasteiger partial charge in [-0.3, -0.25) is 0 Å². The number of methoxy groups -OCH3 is 1. The van der Waals surface area contributed by atoms with Gasteiger partial charge in [0.05, 0.1) is 18.3 Å². The van der Waals surface area contributed by atoms with Crippen molar-refractivity contribution < 1.29 is 13.5 Å². The van der Waals surface area contributed by atoms with Gasteiger partial charge in [-0.25, -0.2) is 23.7 Å². The Morgan fingerprint density at radius 2 is 2.10 bits per heavy atom. The fourth-order valence-electron chi connectivity index (χ4n) is 3.87. The predicted octanol–water partition coefficient (Wildman–Crippen LogP) is 3.53. The average molecular weight is 413 g/mol. The number of rotatable bonds is 6. The minimum atomic E-state index is -2.48. The first-order valence-electron chi connectivity index (χ1n) is 9.77. The van der Waals surface area contributed by atoms with E-state index >= 15 is 0 Å². The monoisotopic (exact) mass is 413 g/mol. The van der Waals surface area contributed by atoms with Gasteiger partial charge in [0.25, 0.3) is 6.43 Å². The van der Waals surface area contributed by atoms with Crippen molar-refractivity contribution in [2.24, 2.45) is 0 Å². The van der Waals surface area contributed by atoms with Crippen LogP contribution in [0, 0.1) is 6.92 Å². The molecule has 0 spiro atoms. The Morgan fingerprint density at radius 3 is 2.87 bits per heavy atom. The maximum absolute atomic E-state index is 13.0. The number of fused-ring (bicyclic) bond motifs is 2. The number of hydrogen-bond donors (Lipinski definition) is 2. The molecule has 4 aromatic rings. The Hall–Kier alpha value is -3.14. The zero-order valence-electron chi connectivity index (χ0n) is 16.6. The van der Waals surface area contributed by atoms with Crippen molar-refractivity contribution in [2.75, 3.05) is 12.4 Å². The molecule has 0 aliphatic heterocycles. The van der Waals surface area contributed by atoms with Gasteiger partial charge in [0.1, 0.15) is 17.0 Å². The molecule has 0 radical (unpaired) electrons. The lowest BCUT2D eigenvalue weighted by Crippen LogP contribution is -2.40. The molecule has 0 unspecified atom stereocenters. The van der Waals surface area contributed by atoms with Gasteiger partial charge in [-0.05, 0) is 31.9 Å². The van der Waals surface area contributed by atoms with E-state index in [-0.39, 0.29) is 0 Å². The first kappa shape index (κ1) is 18.9. The number of ether oxygens (including phenoxy) is 1. The molecule has 5 rings (SSSR count). The number of hydrogen-bond acceptors (Lipinski definition) is 6. The van der Waals surface area contributed by atoms with Gasteiger partial charge in [0, 0.05) is 36.5 Å². The summed E-state index contributed by atoms with van der Waals surface area (Å²) in [5.41, 5.74) is 3.18. The summed E-state index contributed by atoms with van der Waals surface area (Å²) in [7, 11) is 1.72. The second kappa shape index (κ2) is 7.28. The Morgan fingerprint density at radius 1 is 1.27 bits per heavy atom. The van der Waals surface area contributed by atoms with Gasteiger partial charge < -0.3 is 19.6 Å². The molecule has 0 bridgehead atoms. The van der Waals surface area contributed by atoms with Gasteiger partial charge in [0.15, 0.2) is 5.65 Å². The van der Waals surface area contributed by atoms with E-state index in [0.717, 1.165) is 23.8 Å². The van der Waals surface area contributed by atoms with Crippen LogP contribution in [0.4, 0.5) is 14.7 Å². The fourth-order valence-corrected chi connectivity index (χ4v) is 3.87. The normalized spacial score (nSPS) is 19.0. The van der Waals surface area contributed by atoms with Crippen molar-refractivity contribution in [1.29, 1.82) is 0 Å². The lowest BCUT2D eigenvalue weighted by Gasteiger charge is -2.34. The van der Waals surface area contributed by atoms with Crippen LogP contribution in [0.15, 0.2) is 24.5 Å². The molecule has 8 nitrogen and oxygen atoms in total. The van der Waals surface area contributed by atoms with E-state index in [1.807, 2.05) is 12.3 Å². The van der Waals surface area contributed by atoms with Gasteiger partial charge in [-0.1, -0.05) is 0 Å². The first-order valence-corrected chi connectivity index (χ1v) is 9.77. The summed E-state index contributed by atoms with van der Waals surface area (Å²) in [6.07, 6.45) is 3.24. The molecule has 30 heavy (non-hydrogen) atoms. The van der Waals surface area contributed by atoms with Crippen molar-refractivity contribution in [3.05, 3.63) is 30.4 Å². The van der Waals surface area contributed by atoms with Gasteiger partial charge in [-0.15, -0.1) is 0 Å². The van der Waals surface area contributed by atoms with E-state index in [9.17, 15) is 8.78 Å². The molecule has 4 heterocycles. The van der Waals surface area contributed by atoms with Crippen LogP contribution in [0.3, 0.4) is 0 Å². The third-order valence-corrected chi connectivity index (χ3v) is 5.57. The Kier molecular flexibility index (Phi) is 4.58. The average Bonchev–Trinajstić information content (AvgIpc) is 3.24. The number of anilines is 1. The van der Waals surface area contributed by atoms with E-state index in [0.29, 0.717) is 46.4 Å². The van der Waals surface area contributed by atoms with Crippen molar-refractivity contribution >= 4 is 28.1 Å². The molecule has 156 valence electrons. The highest BCUT2D eigenvalue weighted by molar-refractivity contribution is 5.93. The summed E-state index contributed by atoms with van der Waals surface area (Å²) in [5.74, 6) is 1.07. The molecule has 0 atom stereocenters. The minimum Gasteiger partial charge on any atom is -0.381 e. The van der Waals surface area contributed by atoms with Crippen LogP contribution < -0.4 is 5.32 Å². The van der Waals surface area contributed by atoms with Gasteiger partial charge >= 0.3 is 0 Å². The molecular weight excluding hydrogens is 392 g/mol. The van der Waals surface area contributed by atoms with E-state index in [2.05, 4.69) is 30.2 Å². The molecule has 1 saturated carbocycles. The largest absolute Gasteiger partial charge is 0.381 e. The van der Waals surface area contributed by atoms with Gasteiger partial charge in [0.2, 0.25) is 5.95 Å². The zero-order chi connectivity index (χ0) is 20.8. The molecule has 1 aliphatic rings. The van der Waals surface area contributed by atoms with Crippen LogP contribution in [0.1, 0.15) is 18.7 Å². The highest BCUT2D eigenvalue weighted by atomic mass is 19.3. The second-order valence-electron chi connectivity index (χ2n) is 7.53. The predicted molar refractivity (Wildman–Crippen MR) is 109 cm³/mol. The lowest BCUT2D eigenvalue weighted by atomic mass is 9.89. The molecule has 1 fully saturated rings. The molecule has 10 heteroatoms.